The standard InChI is InChI=1S/C61H71N9O9S2/c1-41-54(81-40-64-41)45-14-12-42(13-15-45)38-63-56(73)50-11-8-25-69(50)59(76)55(61(2,3)4)65-51(71)22-30-77-32-34-79-35-33-78-31-23-52(72)68-28-26-67(27-29-68)48-20-18-43(19-21-48)46-16-17-47-39-70(58(75)49(47)37-46)53(44-9-6-5-7-10-44)57(74)66-60-62-24-36-80-60/h5-7,9-10,12-21,24,36-37,40,50,53,55H,8,11,22-23,25-35,38-39H2,1-4H3,(H,63,73)(H,65,71)(H,62,66,74)/t50-,53?,55+/m0/s1. The highest BCUT2D eigenvalue weighted by molar-refractivity contribution is 7.14. The molecule has 3 atom stereocenters. The summed E-state index contributed by atoms with van der Waals surface area (Å²) in [6.07, 6.45) is 3.21. The first-order valence-corrected chi connectivity index (χ1v) is 29.4. The normalized spacial score (nSPS) is 16.0. The number of aromatic nitrogens is 2. The van der Waals surface area contributed by atoms with E-state index in [2.05, 4.69) is 43.0 Å². The van der Waals surface area contributed by atoms with Crippen LogP contribution in [0.3, 0.4) is 0 Å². The van der Waals surface area contributed by atoms with Crippen LogP contribution in [0.15, 0.2) is 114 Å². The maximum atomic E-state index is 14.0. The lowest BCUT2D eigenvalue weighted by Crippen LogP contribution is -2.57. The summed E-state index contributed by atoms with van der Waals surface area (Å²) in [6, 6.07) is 29.2. The molecule has 3 aliphatic heterocycles. The lowest BCUT2D eigenvalue weighted by molar-refractivity contribution is -0.144. The number of ether oxygens (including phenoxy) is 3. The summed E-state index contributed by atoms with van der Waals surface area (Å²) in [5.41, 5.74) is 9.34. The molecule has 0 bridgehead atoms. The van der Waals surface area contributed by atoms with E-state index in [1.807, 2.05) is 123 Å². The van der Waals surface area contributed by atoms with E-state index in [9.17, 15) is 28.8 Å². The number of amides is 6. The average Bonchev–Trinajstić information content (AvgIpc) is 4.36. The molecule has 4 aromatic carbocycles. The maximum Gasteiger partial charge on any atom is 0.255 e. The highest BCUT2D eigenvalue weighted by atomic mass is 32.1. The number of hydrogen-bond donors (Lipinski definition) is 3. The van der Waals surface area contributed by atoms with Crippen molar-refractivity contribution in [3.63, 3.8) is 0 Å². The van der Waals surface area contributed by atoms with Gasteiger partial charge in [0.25, 0.3) is 11.8 Å². The number of piperazine rings is 1. The van der Waals surface area contributed by atoms with Crippen LogP contribution < -0.4 is 20.9 Å². The minimum absolute atomic E-state index is 0.0428. The van der Waals surface area contributed by atoms with Gasteiger partial charge in [-0.05, 0) is 76.8 Å². The predicted molar refractivity (Wildman–Crippen MR) is 312 cm³/mol. The molecule has 0 radical (unpaired) electrons. The smallest absolute Gasteiger partial charge is 0.255 e. The lowest BCUT2D eigenvalue weighted by atomic mass is 9.85. The molecule has 0 saturated carbocycles. The fraction of sp³-hybridized carbons (Fsp3) is 0.410. The summed E-state index contributed by atoms with van der Waals surface area (Å²) in [5.74, 6) is -1.27. The molecule has 3 N–H and O–H groups in total. The number of nitrogens with one attached hydrogen (secondary N) is 3. The minimum atomic E-state index is -0.827. The molecule has 2 fully saturated rings. The Balaban J connectivity index is 0.623. The van der Waals surface area contributed by atoms with Gasteiger partial charge in [0.15, 0.2) is 5.13 Å². The van der Waals surface area contributed by atoms with Gasteiger partial charge in [-0.1, -0.05) is 99.6 Å². The molecule has 0 aliphatic carbocycles. The second kappa shape index (κ2) is 27.4. The molecular formula is C61H71N9O9S2. The summed E-state index contributed by atoms with van der Waals surface area (Å²) < 4.78 is 17.0. The molecular weight excluding hydrogens is 1070 g/mol. The molecule has 18 nitrogen and oxygen atoms in total. The monoisotopic (exact) mass is 1140 g/mol. The maximum absolute atomic E-state index is 14.0. The Morgan fingerprint density at radius 2 is 1.43 bits per heavy atom. The minimum Gasteiger partial charge on any atom is -0.379 e. The van der Waals surface area contributed by atoms with Crippen LogP contribution in [0.4, 0.5) is 10.8 Å². The topological polar surface area (TPSA) is 205 Å². The zero-order chi connectivity index (χ0) is 56.9. The Morgan fingerprint density at radius 3 is 2.10 bits per heavy atom. The van der Waals surface area contributed by atoms with Crippen molar-refractivity contribution in [1.82, 2.24) is 35.3 Å². The van der Waals surface area contributed by atoms with Crippen LogP contribution >= 0.6 is 22.7 Å². The number of likely N-dealkylation sites (tertiary alicyclic amines) is 1. The lowest BCUT2D eigenvalue weighted by Gasteiger charge is -2.36. The van der Waals surface area contributed by atoms with Crippen LogP contribution in [-0.2, 0) is 51.3 Å². The van der Waals surface area contributed by atoms with E-state index in [1.165, 1.54) is 11.3 Å². The molecule has 20 heteroatoms. The number of rotatable bonds is 24. The predicted octanol–water partition coefficient (Wildman–Crippen LogP) is 7.89. The third-order valence-electron chi connectivity index (χ3n) is 14.8. The van der Waals surface area contributed by atoms with Gasteiger partial charge in [-0.15, -0.1) is 22.7 Å². The Kier molecular flexibility index (Phi) is 19.7. The van der Waals surface area contributed by atoms with Crippen molar-refractivity contribution in [2.45, 2.75) is 84.6 Å². The molecule has 6 amide bonds. The Labute approximate surface area is 481 Å². The number of nitrogens with zero attached hydrogens (tertiary/aromatic N) is 6. The number of anilines is 2. The molecule has 0 spiro atoms. The number of thiazole rings is 2. The second-order valence-electron chi connectivity index (χ2n) is 21.4. The van der Waals surface area contributed by atoms with Crippen molar-refractivity contribution in [2.24, 2.45) is 5.41 Å². The molecule has 9 rings (SSSR count). The van der Waals surface area contributed by atoms with Gasteiger partial charge in [0, 0.05) is 75.1 Å². The quantitative estimate of drug-likeness (QED) is 0.0495. The van der Waals surface area contributed by atoms with E-state index in [1.54, 1.807) is 32.7 Å². The molecule has 2 saturated heterocycles. The van der Waals surface area contributed by atoms with E-state index >= 15 is 0 Å². The fourth-order valence-electron chi connectivity index (χ4n) is 10.4. The van der Waals surface area contributed by atoms with E-state index in [0.717, 1.165) is 49.6 Å². The van der Waals surface area contributed by atoms with Gasteiger partial charge in [-0.2, -0.15) is 0 Å². The van der Waals surface area contributed by atoms with E-state index < -0.39 is 23.5 Å². The summed E-state index contributed by atoms with van der Waals surface area (Å²) in [5, 5.41) is 11.1. The van der Waals surface area contributed by atoms with Crippen molar-refractivity contribution in [1.29, 1.82) is 0 Å². The van der Waals surface area contributed by atoms with Gasteiger partial charge in [0.05, 0.1) is 62.1 Å². The average molecular weight is 1140 g/mol. The van der Waals surface area contributed by atoms with Crippen LogP contribution in [0, 0.1) is 12.3 Å². The number of hydrogen-bond acceptors (Lipinski definition) is 14. The van der Waals surface area contributed by atoms with E-state index in [0.29, 0.717) is 89.2 Å². The Morgan fingerprint density at radius 1 is 0.753 bits per heavy atom. The number of benzene rings is 4. The SMILES string of the molecule is Cc1ncsc1-c1ccc(CNC(=O)[C@@H]2CCCN2C(=O)[C@@H](NC(=O)CCOCCOCCOCCC(=O)N2CCN(c3ccc(-c4ccc5c(c4)C(=O)N(C(C(=O)Nc4nccs4)c4ccccc4)C5)cc3)CC2)C(C)(C)C)cc1. The molecule has 2 aromatic heterocycles. The van der Waals surface area contributed by atoms with Gasteiger partial charge in [-0.3, -0.25) is 34.1 Å². The molecule has 81 heavy (non-hydrogen) atoms. The fourth-order valence-corrected chi connectivity index (χ4v) is 11.7. The van der Waals surface area contributed by atoms with Crippen LogP contribution in [0.2, 0.25) is 0 Å². The number of fused-ring (bicyclic) bond motifs is 1. The molecule has 5 heterocycles. The summed E-state index contributed by atoms with van der Waals surface area (Å²) >= 11 is 2.92. The highest BCUT2D eigenvalue weighted by Crippen LogP contribution is 2.36. The van der Waals surface area contributed by atoms with E-state index in [-0.39, 0.29) is 68.1 Å². The van der Waals surface area contributed by atoms with Gasteiger partial charge in [0.2, 0.25) is 23.6 Å². The largest absolute Gasteiger partial charge is 0.379 e. The first-order chi connectivity index (χ1) is 39.2. The summed E-state index contributed by atoms with van der Waals surface area (Å²) in [7, 11) is 0. The number of aryl methyl sites for hydroxylation is 1. The van der Waals surface area contributed by atoms with Gasteiger partial charge in [-0.25, -0.2) is 9.97 Å². The highest BCUT2D eigenvalue weighted by Gasteiger charge is 2.42. The van der Waals surface area contributed by atoms with Crippen molar-refractivity contribution >= 4 is 68.9 Å². The molecule has 6 aromatic rings. The van der Waals surface area contributed by atoms with Crippen molar-refractivity contribution in [3.05, 3.63) is 142 Å². The Hall–Kier alpha value is -7.36. The first kappa shape index (κ1) is 58.3. The zero-order valence-electron chi connectivity index (χ0n) is 46.4. The summed E-state index contributed by atoms with van der Waals surface area (Å²) in [6.45, 7) is 13.0. The summed E-state index contributed by atoms with van der Waals surface area (Å²) in [4.78, 5) is 98.2. The number of carbonyl (C=O) groups is 6. The Bertz CT molecular complexity index is 3110. The third kappa shape index (κ3) is 15.0. The van der Waals surface area contributed by atoms with Crippen LogP contribution in [0.5, 0.6) is 0 Å². The van der Waals surface area contributed by atoms with Gasteiger partial charge in [0.1, 0.15) is 18.1 Å². The van der Waals surface area contributed by atoms with Gasteiger partial charge >= 0.3 is 0 Å². The molecule has 3 aliphatic rings. The van der Waals surface area contributed by atoms with Crippen LogP contribution in [0.25, 0.3) is 21.6 Å². The number of carbonyl (C=O) groups excluding carboxylic acids is 6. The second-order valence-corrected chi connectivity index (χ2v) is 23.2. The van der Waals surface area contributed by atoms with Crippen molar-refractivity contribution in [2.75, 3.05) is 82.6 Å². The zero-order valence-corrected chi connectivity index (χ0v) is 48.0. The van der Waals surface area contributed by atoms with Crippen molar-refractivity contribution < 1.29 is 43.0 Å². The first-order valence-electron chi connectivity index (χ1n) is 27.6. The van der Waals surface area contributed by atoms with E-state index in [4.69, 9.17) is 14.2 Å². The van der Waals surface area contributed by atoms with Crippen LogP contribution in [0.1, 0.15) is 85.2 Å². The van der Waals surface area contributed by atoms with Gasteiger partial charge < -0.3 is 44.4 Å². The molecule has 426 valence electrons. The van der Waals surface area contributed by atoms with Crippen molar-refractivity contribution in [3.8, 4) is 21.6 Å². The van der Waals surface area contributed by atoms with Crippen LogP contribution in [-0.4, -0.2) is 145 Å². The molecule has 1 unspecified atom stereocenters. The third-order valence-corrected chi connectivity index (χ3v) is 16.5.